The van der Waals surface area contributed by atoms with Crippen LogP contribution in [-0.4, -0.2) is 11.7 Å². The maximum Gasteiger partial charge on any atom is 0.174 e. The minimum absolute atomic E-state index is 0.0260. The molecule has 1 aliphatic heterocycles. The van der Waals surface area contributed by atoms with Crippen molar-refractivity contribution in [1.82, 2.24) is 0 Å². The van der Waals surface area contributed by atoms with Gasteiger partial charge in [0.2, 0.25) is 0 Å². The second-order valence-electron chi connectivity index (χ2n) is 4.86. The zero-order valence-electron chi connectivity index (χ0n) is 7.88. The van der Waals surface area contributed by atoms with E-state index in [0.717, 1.165) is 6.42 Å². The average molecular weight is 177 g/mol. The fourth-order valence-corrected chi connectivity index (χ4v) is 3.79. The highest BCUT2D eigenvalue weighted by Gasteiger charge is 2.71. The Balaban J connectivity index is 1.93. The van der Waals surface area contributed by atoms with E-state index in [1.807, 2.05) is 0 Å². The largest absolute Gasteiger partial charge is 0.349 e. The van der Waals surface area contributed by atoms with Crippen LogP contribution in [0.15, 0.2) is 0 Å². The summed E-state index contributed by atoms with van der Waals surface area (Å²) in [7, 11) is 0. The molecule has 2 saturated carbocycles. The van der Waals surface area contributed by atoms with E-state index in [9.17, 15) is 0 Å². The SMILES string of the molecule is N#CC1OC12CCCC21CCCC1. The molecule has 1 heterocycles. The Kier molecular flexibility index (Phi) is 1.37. The molecule has 3 aliphatic rings. The molecule has 0 N–H and O–H groups in total. The highest BCUT2D eigenvalue weighted by molar-refractivity contribution is 5.24. The lowest BCUT2D eigenvalue weighted by Gasteiger charge is -2.28. The molecule has 2 nitrogen and oxygen atoms in total. The Morgan fingerprint density at radius 3 is 2.38 bits per heavy atom. The molecule has 0 aromatic carbocycles. The third-order valence-corrected chi connectivity index (χ3v) is 4.47. The predicted molar refractivity (Wildman–Crippen MR) is 48.0 cm³/mol. The number of fused-ring (bicyclic) bond motifs is 1. The van der Waals surface area contributed by atoms with Gasteiger partial charge in [-0.2, -0.15) is 5.26 Å². The molecule has 13 heavy (non-hydrogen) atoms. The molecule has 2 aliphatic carbocycles. The second kappa shape index (κ2) is 2.27. The van der Waals surface area contributed by atoms with E-state index in [0.29, 0.717) is 5.41 Å². The lowest BCUT2D eigenvalue weighted by atomic mass is 9.74. The van der Waals surface area contributed by atoms with Crippen molar-refractivity contribution in [2.45, 2.75) is 56.7 Å². The van der Waals surface area contributed by atoms with Crippen LogP contribution in [0.25, 0.3) is 0 Å². The first kappa shape index (κ1) is 7.82. The molecule has 2 heteroatoms. The molecule has 1 saturated heterocycles. The quantitative estimate of drug-likeness (QED) is 0.533. The number of nitriles is 1. The van der Waals surface area contributed by atoms with Crippen LogP contribution >= 0.6 is 0 Å². The zero-order valence-corrected chi connectivity index (χ0v) is 7.88. The van der Waals surface area contributed by atoms with E-state index in [2.05, 4.69) is 6.07 Å². The topological polar surface area (TPSA) is 36.3 Å². The third kappa shape index (κ3) is 0.770. The standard InChI is InChI=1S/C11H15NO/c12-8-9-11(13-9)7-3-6-10(11)4-1-2-5-10/h9H,1-7H2. The summed E-state index contributed by atoms with van der Waals surface area (Å²) < 4.78 is 5.69. The Labute approximate surface area is 78.9 Å². The van der Waals surface area contributed by atoms with E-state index in [1.54, 1.807) is 0 Å². The van der Waals surface area contributed by atoms with Gasteiger partial charge in [0.15, 0.2) is 6.10 Å². The van der Waals surface area contributed by atoms with Crippen molar-refractivity contribution in [2.75, 3.05) is 0 Å². The van der Waals surface area contributed by atoms with Crippen LogP contribution in [0, 0.1) is 16.7 Å². The molecule has 0 aromatic rings. The maximum atomic E-state index is 8.90. The van der Waals surface area contributed by atoms with Gasteiger partial charge in [-0.3, -0.25) is 0 Å². The fourth-order valence-electron chi connectivity index (χ4n) is 3.79. The van der Waals surface area contributed by atoms with Crippen molar-refractivity contribution in [1.29, 1.82) is 5.26 Å². The summed E-state index contributed by atoms with van der Waals surface area (Å²) in [6.45, 7) is 0. The van der Waals surface area contributed by atoms with E-state index in [1.165, 1.54) is 38.5 Å². The first-order valence-electron chi connectivity index (χ1n) is 5.40. The molecule has 2 spiro atoms. The van der Waals surface area contributed by atoms with Gasteiger partial charge in [0.05, 0.1) is 6.07 Å². The molecule has 0 bridgehead atoms. The molecule has 70 valence electrons. The van der Waals surface area contributed by atoms with Crippen LogP contribution in [-0.2, 0) is 4.74 Å². The average Bonchev–Trinajstić information content (AvgIpc) is 2.55. The van der Waals surface area contributed by atoms with Crippen LogP contribution in [0.5, 0.6) is 0 Å². The van der Waals surface area contributed by atoms with Gasteiger partial charge in [-0.1, -0.05) is 12.8 Å². The van der Waals surface area contributed by atoms with Crippen LogP contribution < -0.4 is 0 Å². The first-order chi connectivity index (χ1) is 6.33. The molecule has 3 fully saturated rings. The number of nitrogens with zero attached hydrogens (tertiary/aromatic N) is 1. The first-order valence-corrected chi connectivity index (χ1v) is 5.40. The Morgan fingerprint density at radius 2 is 1.77 bits per heavy atom. The Hall–Kier alpha value is -0.550. The monoisotopic (exact) mass is 177 g/mol. The smallest absolute Gasteiger partial charge is 0.174 e. The summed E-state index contributed by atoms with van der Waals surface area (Å²) in [5.41, 5.74) is 0.450. The fraction of sp³-hybridized carbons (Fsp3) is 0.909. The summed E-state index contributed by atoms with van der Waals surface area (Å²) in [6, 6.07) is 2.30. The summed E-state index contributed by atoms with van der Waals surface area (Å²) in [4.78, 5) is 0. The minimum Gasteiger partial charge on any atom is -0.349 e. The van der Waals surface area contributed by atoms with Crippen molar-refractivity contribution in [3.8, 4) is 6.07 Å². The lowest BCUT2D eigenvalue weighted by Crippen LogP contribution is -2.32. The van der Waals surface area contributed by atoms with Crippen molar-refractivity contribution < 1.29 is 4.74 Å². The molecule has 2 atom stereocenters. The maximum absolute atomic E-state index is 8.90. The minimum atomic E-state index is -0.0619. The normalized spacial score (nSPS) is 45.6. The molecule has 0 aromatic heterocycles. The molecule has 3 rings (SSSR count). The Morgan fingerprint density at radius 1 is 1.08 bits per heavy atom. The summed E-state index contributed by atoms with van der Waals surface area (Å²) in [5.74, 6) is 0. The van der Waals surface area contributed by atoms with Crippen molar-refractivity contribution in [2.24, 2.45) is 5.41 Å². The molecule has 0 radical (unpaired) electrons. The predicted octanol–water partition coefficient (Wildman–Crippen LogP) is 2.39. The molecule has 2 unspecified atom stereocenters. The van der Waals surface area contributed by atoms with Gasteiger partial charge in [0.25, 0.3) is 0 Å². The number of hydrogen-bond acceptors (Lipinski definition) is 2. The van der Waals surface area contributed by atoms with Gasteiger partial charge < -0.3 is 4.74 Å². The van der Waals surface area contributed by atoms with Crippen molar-refractivity contribution >= 4 is 0 Å². The van der Waals surface area contributed by atoms with Gasteiger partial charge in [-0.15, -0.1) is 0 Å². The van der Waals surface area contributed by atoms with E-state index in [-0.39, 0.29) is 11.7 Å². The number of rotatable bonds is 0. The lowest BCUT2D eigenvalue weighted by molar-refractivity contribution is 0.140. The summed E-state index contributed by atoms with van der Waals surface area (Å²) >= 11 is 0. The van der Waals surface area contributed by atoms with Crippen LogP contribution in [0.1, 0.15) is 44.9 Å². The van der Waals surface area contributed by atoms with Gasteiger partial charge in [0, 0.05) is 5.41 Å². The Bertz CT molecular complexity index is 269. The van der Waals surface area contributed by atoms with Gasteiger partial charge in [-0.05, 0) is 32.1 Å². The van der Waals surface area contributed by atoms with Crippen LogP contribution in [0.2, 0.25) is 0 Å². The van der Waals surface area contributed by atoms with Gasteiger partial charge in [-0.25, -0.2) is 0 Å². The molecular weight excluding hydrogens is 162 g/mol. The number of ether oxygens (including phenoxy) is 1. The molecule has 0 amide bonds. The van der Waals surface area contributed by atoms with Gasteiger partial charge in [0.1, 0.15) is 5.60 Å². The van der Waals surface area contributed by atoms with E-state index < -0.39 is 0 Å². The van der Waals surface area contributed by atoms with E-state index in [4.69, 9.17) is 10.00 Å². The molecular formula is C11H15NO. The van der Waals surface area contributed by atoms with Crippen LogP contribution in [0.3, 0.4) is 0 Å². The highest BCUT2D eigenvalue weighted by atomic mass is 16.6. The number of epoxide rings is 1. The van der Waals surface area contributed by atoms with Gasteiger partial charge >= 0.3 is 0 Å². The zero-order chi connectivity index (χ0) is 8.94. The van der Waals surface area contributed by atoms with E-state index >= 15 is 0 Å². The second-order valence-corrected chi connectivity index (χ2v) is 4.86. The highest BCUT2D eigenvalue weighted by Crippen LogP contribution is 2.66. The summed E-state index contributed by atoms with van der Waals surface area (Å²) in [6.07, 6.45) is 8.99. The third-order valence-electron chi connectivity index (χ3n) is 4.47. The number of hydrogen-bond donors (Lipinski definition) is 0. The van der Waals surface area contributed by atoms with Crippen molar-refractivity contribution in [3.63, 3.8) is 0 Å². The van der Waals surface area contributed by atoms with Crippen LogP contribution in [0.4, 0.5) is 0 Å². The summed E-state index contributed by atoms with van der Waals surface area (Å²) in [5, 5.41) is 8.90. The van der Waals surface area contributed by atoms with Crippen molar-refractivity contribution in [3.05, 3.63) is 0 Å².